The molecule has 0 bridgehead atoms. The van der Waals surface area contributed by atoms with Crippen molar-refractivity contribution in [2.75, 3.05) is 18.0 Å². The maximum absolute atomic E-state index is 5.71. The number of pyridine rings is 1. The summed E-state index contributed by atoms with van der Waals surface area (Å²) in [5.74, 6) is 1.91. The second-order valence-electron chi connectivity index (χ2n) is 6.71. The highest BCUT2D eigenvalue weighted by molar-refractivity contribution is 5.41. The van der Waals surface area contributed by atoms with Crippen LogP contribution < -0.4 is 10.6 Å². The molecule has 2 N–H and O–H groups in total. The Hall–Kier alpha value is -1.09. The summed E-state index contributed by atoms with van der Waals surface area (Å²) in [4.78, 5) is 6.93. The summed E-state index contributed by atoms with van der Waals surface area (Å²) in [6, 6.07) is 4.14. The van der Waals surface area contributed by atoms with Crippen LogP contribution in [0.3, 0.4) is 0 Å². The predicted molar refractivity (Wildman–Crippen MR) is 81.1 cm³/mol. The molecule has 1 saturated heterocycles. The van der Waals surface area contributed by atoms with Crippen LogP contribution in [0.2, 0.25) is 0 Å². The second-order valence-corrected chi connectivity index (χ2v) is 6.71. The maximum atomic E-state index is 5.71. The van der Waals surface area contributed by atoms with Crippen molar-refractivity contribution in [2.24, 2.45) is 17.1 Å². The number of anilines is 1. The first-order valence-corrected chi connectivity index (χ1v) is 7.40. The minimum atomic E-state index is 0.419. The molecule has 0 amide bonds. The van der Waals surface area contributed by atoms with Gasteiger partial charge in [0.1, 0.15) is 5.82 Å². The van der Waals surface area contributed by atoms with E-state index in [-0.39, 0.29) is 0 Å². The van der Waals surface area contributed by atoms with Crippen LogP contribution in [-0.4, -0.2) is 18.1 Å². The van der Waals surface area contributed by atoms with Crippen molar-refractivity contribution in [1.82, 2.24) is 4.98 Å². The topological polar surface area (TPSA) is 42.1 Å². The van der Waals surface area contributed by atoms with Gasteiger partial charge in [-0.05, 0) is 48.3 Å². The normalized spacial score (nSPS) is 21.3. The van der Waals surface area contributed by atoms with Crippen LogP contribution in [0.1, 0.15) is 45.6 Å². The first-order chi connectivity index (χ1) is 9.00. The van der Waals surface area contributed by atoms with Gasteiger partial charge in [0.25, 0.3) is 0 Å². The van der Waals surface area contributed by atoms with Gasteiger partial charge in [-0.15, -0.1) is 0 Å². The van der Waals surface area contributed by atoms with Crippen molar-refractivity contribution >= 4 is 5.82 Å². The smallest absolute Gasteiger partial charge is 0.128 e. The molecule has 19 heavy (non-hydrogen) atoms. The first-order valence-electron chi connectivity index (χ1n) is 7.40. The minimum Gasteiger partial charge on any atom is -0.357 e. The minimum absolute atomic E-state index is 0.419. The van der Waals surface area contributed by atoms with Gasteiger partial charge >= 0.3 is 0 Å². The average Bonchev–Trinajstić information content (AvgIpc) is 2.64. The van der Waals surface area contributed by atoms with Crippen molar-refractivity contribution in [3.05, 3.63) is 23.9 Å². The number of nitrogens with two attached hydrogens (primary N) is 1. The van der Waals surface area contributed by atoms with E-state index in [4.69, 9.17) is 5.73 Å². The highest BCUT2D eigenvalue weighted by atomic mass is 15.2. The number of aromatic nitrogens is 1. The Kier molecular flexibility index (Phi) is 4.46. The molecule has 1 atom stereocenters. The van der Waals surface area contributed by atoms with Gasteiger partial charge in [-0.3, -0.25) is 0 Å². The lowest BCUT2D eigenvalue weighted by atomic mass is 9.77. The number of hydrogen-bond donors (Lipinski definition) is 1. The van der Waals surface area contributed by atoms with E-state index in [9.17, 15) is 0 Å². The maximum Gasteiger partial charge on any atom is 0.128 e. The Morgan fingerprint density at radius 2 is 2.11 bits per heavy atom. The summed E-state index contributed by atoms with van der Waals surface area (Å²) in [6.07, 6.45) is 5.73. The van der Waals surface area contributed by atoms with Crippen LogP contribution in [0, 0.1) is 11.3 Å². The number of hydrogen-bond acceptors (Lipinski definition) is 3. The lowest BCUT2D eigenvalue weighted by Crippen LogP contribution is -2.26. The van der Waals surface area contributed by atoms with Crippen LogP contribution >= 0.6 is 0 Å². The van der Waals surface area contributed by atoms with Gasteiger partial charge in [-0.2, -0.15) is 0 Å². The molecule has 1 aromatic heterocycles. The van der Waals surface area contributed by atoms with E-state index >= 15 is 0 Å². The zero-order valence-electron chi connectivity index (χ0n) is 12.5. The zero-order valence-corrected chi connectivity index (χ0v) is 12.5. The fourth-order valence-electron chi connectivity index (χ4n) is 2.95. The molecule has 3 nitrogen and oxygen atoms in total. The Morgan fingerprint density at radius 1 is 1.32 bits per heavy atom. The van der Waals surface area contributed by atoms with Gasteiger partial charge in [-0.25, -0.2) is 4.98 Å². The summed E-state index contributed by atoms with van der Waals surface area (Å²) >= 11 is 0. The summed E-state index contributed by atoms with van der Waals surface area (Å²) in [5, 5.41) is 0. The Labute approximate surface area is 117 Å². The summed E-state index contributed by atoms with van der Waals surface area (Å²) in [6.45, 7) is 9.91. The van der Waals surface area contributed by atoms with Crippen LogP contribution in [0.25, 0.3) is 0 Å². The van der Waals surface area contributed by atoms with E-state index in [0.29, 0.717) is 12.0 Å². The molecule has 0 radical (unpaired) electrons. The molecule has 3 heteroatoms. The van der Waals surface area contributed by atoms with Crippen LogP contribution in [0.5, 0.6) is 0 Å². The lowest BCUT2D eigenvalue weighted by Gasteiger charge is -2.30. The molecular formula is C16H27N3. The van der Waals surface area contributed by atoms with Crippen molar-refractivity contribution in [3.63, 3.8) is 0 Å². The Morgan fingerprint density at radius 3 is 2.79 bits per heavy atom. The van der Waals surface area contributed by atoms with Crippen molar-refractivity contribution in [2.45, 2.75) is 46.6 Å². The van der Waals surface area contributed by atoms with Gasteiger partial charge < -0.3 is 10.6 Å². The molecule has 1 aromatic rings. The second kappa shape index (κ2) is 5.91. The molecule has 2 rings (SSSR count). The highest BCUT2D eigenvalue weighted by Crippen LogP contribution is 2.34. The van der Waals surface area contributed by atoms with Crippen molar-refractivity contribution in [3.8, 4) is 0 Å². The third-order valence-electron chi connectivity index (χ3n) is 4.32. The fourth-order valence-corrected chi connectivity index (χ4v) is 2.95. The molecule has 0 aromatic carbocycles. The molecule has 1 unspecified atom stereocenters. The highest BCUT2D eigenvalue weighted by Gasteiger charge is 2.27. The van der Waals surface area contributed by atoms with E-state index < -0.39 is 0 Å². The van der Waals surface area contributed by atoms with E-state index in [2.05, 4.69) is 36.7 Å². The van der Waals surface area contributed by atoms with Gasteiger partial charge in [0.15, 0.2) is 0 Å². The molecule has 0 saturated carbocycles. The van der Waals surface area contributed by atoms with E-state index in [0.717, 1.165) is 24.8 Å². The quantitative estimate of drug-likeness (QED) is 0.889. The summed E-state index contributed by atoms with van der Waals surface area (Å²) in [7, 11) is 0. The zero-order chi connectivity index (χ0) is 13.9. The SMILES string of the molecule is CC(C)(C)C1CCCN(c2cc(CN)ccn2)CC1. The predicted octanol–water partition coefficient (Wildman–Crippen LogP) is 3.19. The van der Waals surface area contributed by atoms with E-state index in [1.165, 1.54) is 24.8 Å². The third kappa shape index (κ3) is 3.69. The molecule has 2 heterocycles. The Balaban J connectivity index is 2.06. The van der Waals surface area contributed by atoms with Gasteiger partial charge in [0.2, 0.25) is 0 Å². The fraction of sp³-hybridized carbons (Fsp3) is 0.688. The third-order valence-corrected chi connectivity index (χ3v) is 4.32. The van der Waals surface area contributed by atoms with Crippen molar-refractivity contribution in [1.29, 1.82) is 0 Å². The molecule has 1 fully saturated rings. The van der Waals surface area contributed by atoms with Crippen molar-refractivity contribution < 1.29 is 0 Å². The molecule has 0 aliphatic carbocycles. The number of nitrogens with zero attached hydrogens (tertiary/aromatic N) is 2. The standard InChI is InChI=1S/C16H27N3/c1-16(2,3)14-5-4-9-19(10-7-14)15-11-13(12-17)6-8-18-15/h6,8,11,14H,4-5,7,9-10,12,17H2,1-3H3. The monoisotopic (exact) mass is 261 g/mol. The van der Waals surface area contributed by atoms with Crippen LogP contribution in [0.4, 0.5) is 5.82 Å². The number of rotatable bonds is 2. The largest absolute Gasteiger partial charge is 0.357 e. The van der Waals surface area contributed by atoms with E-state index in [1.807, 2.05) is 12.3 Å². The summed E-state index contributed by atoms with van der Waals surface area (Å²) < 4.78 is 0. The summed E-state index contributed by atoms with van der Waals surface area (Å²) in [5.41, 5.74) is 7.30. The van der Waals surface area contributed by atoms with E-state index in [1.54, 1.807) is 0 Å². The molecule has 1 aliphatic rings. The van der Waals surface area contributed by atoms with Gasteiger partial charge in [0, 0.05) is 25.8 Å². The molecular weight excluding hydrogens is 234 g/mol. The molecule has 106 valence electrons. The van der Waals surface area contributed by atoms with Gasteiger partial charge in [-0.1, -0.05) is 20.8 Å². The average molecular weight is 261 g/mol. The Bertz CT molecular complexity index is 409. The molecule has 1 aliphatic heterocycles. The van der Waals surface area contributed by atoms with Crippen LogP contribution in [-0.2, 0) is 6.54 Å². The van der Waals surface area contributed by atoms with Gasteiger partial charge in [0.05, 0.1) is 0 Å². The molecule has 0 spiro atoms. The van der Waals surface area contributed by atoms with Crippen LogP contribution in [0.15, 0.2) is 18.3 Å². The lowest BCUT2D eigenvalue weighted by molar-refractivity contribution is 0.220. The first kappa shape index (κ1) is 14.3.